The van der Waals surface area contributed by atoms with E-state index in [1.54, 1.807) is 0 Å². The molecule has 1 saturated heterocycles. The number of piperazine rings is 1. The Morgan fingerprint density at radius 2 is 1.84 bits per heavy atom. The number of hydrogen-bond donors (Lipinski definition) is 2. The summed E-state index contributed by atoms with van der Waals surface area (Å²) in [6.45, 7) is 14.5. The Morgan fingerprint density at radius 1 is 1.37 bits per heavy atom. The van der Waals surface area contributed by atoms with Crippen LogP contribution in [0.4, 0.5) is 0 Å². The Bertz CT molecular complexity index is 286. The Labute approximate surface area is 124 Å². The van der Waals surface area contributed by atoms with E-state index in [-0.39, 0.29) is 29.9 Å². The lowest BCUT2D eigenvalue weighted by molar-refractivity contribution is -0.128. The SMILES string of the molecule is CCC(C)(C)NC(=O)C(C)N1CC(C)NC(C)C1.Cl. The quantitative estimate of drug-likeness (QED) is 0.830. The van der Waals surface area contributed by atoms with Crippen molar-refractivity contribution >= 4 is 18.3 Å². The minimum absolute atomic E-state index is 0. The van der Waals surface area contributed by atoms with E-state index in [1.165, 1.54) is 0 Å². The maximum atomic E-state index is 12.3. The zero-order valence-corrected chi connectivity index (χ0v) is 13.9. The van der Waals surface area contributed by atoms with Crippen molar-refractivity contribution in [1.29, 1.82) is 0 Å². The van der Waals surface area contributed by atoms with Crippen LogP contribution in [0.25, 0.3) is 0 Å². The molecule has 1 heterocycles. The van der Waals surface area contributed by atoms with Crippen molar-refractivity contribution in [1.82, 2.24) is 15.5 Å². The van der Waals surface area contributed by atoms with Gasteiger partial charge in [-0.05, 0) is 41.0 Å². The van der Waals surface area contributed by atoms with Crippen molar-refractivity contribution in [2.75, 3.05) is 13.1 Å². The molecule has 0 bridgehead atoms. The van der Waals surface area contributed by atoms with Gasteiger partial charge in [0, 0.05) is 30.7 Å². The minimum Gasteiger partial charge on any atom is -0.350 e. The highest BCUT2D eigenvalue weighted by Gasteiger charge is 2.30. The molecule has 1 aliphatic heterocycles. The fourth-order valence-electron chi connectivity index (χ4n) is 2.38. The maximum absolute atomic E-state index is 12.3. The van der Waals surface area contributed by atoms with Gasteiger partial charge in [-0.3, -0.25) is 9.69 Å². The van der Waals surface area contributed by atoms with E-state index in [0.29, 0.717) is 12.1 Å². The summed E-state index contributed by atoms with van der Waals surface area (Å²) < 4.78 is 0. The summed E-state index contributed by atoms with van der Waals surface area (Å²) >= 11 is 0. The predicted octanol–water partition coefficient (Wildman–Crippen LogP) is 1.78. The van der Waals surface area contributed by atoms with Crippen LogP contribution in [0.15, 0.2) is 0 Å². The monoisotopic (exact) mass is 291 g/mol. The van der Waals surface area contributed by atoms with Gasteiger partial charge in [-0.15, -0.1) is 12.4 Å². The Kier molecular flexibility index (Phi) is 7.33. The smallest absolute Gasteiger partial charge is 0.237 e. The standard InChI is InChI=1S/C14H29N3O.ClH/c1-7-14(5,6)16-13(18)12(4)17-8-10(2)15-11(3)9-17;/h10-12,15H,7-9H2,1-6H3,(H,16,18);1H. The third-order valence-electron chi connectivity index (χ3n) is 3.86. The zero-order valence-electron chi connectivity index (χ0n) is 13.1. The van der Waals surface area contributed by atoms with Crippen LogP contribution in [0.5, 0.6) is 0 Å². The van der Waals surface area contributed by atoms with Gasteiger partial charge in [-0.2, -0.15) is 0 Å². The number of nitrogens with one attached hydrogen (secondary N) is 2. The van der Waals surface area contributed by atoms with Gasteiger partial charge < -0.3 is 10.6 Å². The molecule has 3 atom stereocenters. The summed E-state index contributed by atoms with van der Waals surface area (Å²) in [6.07, 6.45) is 0.944. The maximum Gasteiger partial charge on any atom is 0.237 e. The first-order valence-corrected chi connectivity index (χ1v) is 7.07. The molecule has 1 fully saturated rings. The number of carbonyl (C=O) groups is 1. The van der Waals surface area contributed by atoms with Crippen molar-refractivity contribution in [3.8, 4) is 0 Å². The minimum atomic E-state index is -0.114. The van der Waals surface area contributed by atoms with Gasteiger partial charge in [0.1, 0.15) is 0 Å². The lowest BCUT2D eigenvalue weighted by Crippen LogP contribution is -2.60. The Balaban J connectivity index is 0.00000324. The van der Waals surface area contributed by atoms with Crippen molar-refractivity contribution in [3.05, 3.63) is 0 Å². The average Bonchev–Trinajstić information content (AvgIpc) is 2.26. The summed E-state index contributed by atoms with van der Waals surface area (Å²) in [5.41, 5.74) is -0.114. The molecule has 0 spiro atoms. The summed E-state index contributed by atoms with van der Waals surface area (Å²) in [5, 5.41) is 6.62. The molecule has 19 heavy (non-hydrogen) atoms. The van der Waals surface area contributed by atoms with Crippen LogP contribution in [-0.2, 0) is 4.79 Å². The summed E-state index contributed by atoms with van der Waals surface area (Å²) in [6, 6.07) is 0.842. The molecule has 1 aliphatic rings. The van der Waals surface area contributed by atoms with Crippen LogP contribution < -0.4 is 10.6 Å². The molecule has 114 valence electrons. The second-order valence-electron chi connectivity index (χ2n) is 6.33. The van der Waals surface area contributed by atoms with Gasteiger partial charge in [0.2, 0.25) is 5.91 Å². The number of rotatable bonds is 4. The van der Waals surface area contributed by atoms with Gasteiger partial charge in [-0.1, -0.05) is 6.92 Å². The molecule has 0 aliphatic carbocycles. The van der Waals surface area contributed by atoms with Gasteiger partial charge in [0.05, 0.1) is 6.04 Å². The van der Waals surface area contributed by atoms with Crippen LogP contribution in [0, 0.1) is 0 Å². The molecule has 4 nitrogen and oxygen atoms in total. The van der Waals surface area contributed by atoms with Crippen molar-refractivity contribution in [2.24, 2.45) is 0 Å². The highest BCUT2D eigenvalue weighted by molar-refractivity contribution is 5.85. The zero-order chi connectivity index (χ0) is 13.9. The van der Waals surface area contributed by atoms with Gasteiger partial charge in [0.25, 0.3) is 0 Å². The van der Waals surface area contributed by atoms with Crippen LogP contribution in [0.1, 0.15) is 48.0 Å². The third kappa shape index (κ3) is 5.67. The van der Waals surface area contributed by atoms with E-state index in [4.69, 9.17) is 0 Å². The van der Waals surface area contributed by atoms with Crippen LogP contribution >= 0.6 is 12.4 Å². The van der Waals surface area contributed by atoms with Crippen LogP contribution in [0.3, 0.4) is 0 Å². The molecule has 1 rings (SSSR count). The van der Waals surface area contributed by atoms with Gasteiger partial charge in [-0.25, -0.2) is 0 Å². The second-order valence-corrected chi connectivity index (χ2v) is 6.33. The first-order valence-electron chi connectivity index (χ1n) is 7.07. The topological polar surface area (TPSA) is 44.4 Å². The molecule has 0 aromatic rings. The van der Waals surface area contributed by atoms with E-state index >= 15 is 0 Å². The van der Waals surface area contributed by atoms with E-state index < -0.39 is 0 Å². The molecule has 5 heteroatoms. The lowest BCUT2D eigenvalue weighted by atomic mass is 10.0. The van der Waals surface area contributed by atoms with Crippen molar-refractivity contribution in [2.45, 2.75) is 71.6 Å². The van der Waals surface area contributed by atoms with Gasteiger partial charge >= 0.3 is 0 Å². The Hall–Kier alpha value is -0.320. The molecule has 0 radical (unpaired) electrons. The first kappa shape index (κ1) is 18.7. The van der Waals surface area contributed by atoms with E-state index in [2.05, 4.69) is 50.2 Å². The van der Waals surface area contributed by atoms with Crippen LogP contribution in [-0.4, -0.2) is 47.6 Å². The second kappa shape index (κ2) is 7.46. The molecule has 0 saturated carbocycles. The number of halogens is 1. The first-order chi connectivity index (χ1) is 8.25. The highest BCUT2D eigenvalue weighted by atomic mass is 35.5. The molecule has 3 unspecified atom stereocenters. The highest BCUT2D eigenvalue weighted by Crippen LogP contribution is 2.12. The lowest BCUT2D eigenvalue weighted by Gasteiger charge is -2.40. The van der Waals surface area contributed by atoms with E-state index in [0.717, 1.165) is 19.5 Å². The predicted molar refractivity (Wildman–Crippen MR) is 82.9 cm³/mol. The number of hydrogen-bond acceptors (Lipinski definition) is 3. The average molecular weight is 292 g/mol. The molecular weight excluding hydrogens is 262 g/mol. The summed E-state index contributed by atoms with van der Waals surface area (Å²) in [7, 11) is 0. The number of nitrogens with zero attached hydrogens (tertiary/aromatic N) is 1. The van der Waals surface area contributed by atoms with Crippen molar-refractivity contribution < 1.29 is 4.79 Å². The van der Waals surface area contributed by atoms with Crippen LogP contribution in [0.2, 0.25) is 0 Å². The van der Waals surface area contributed by atoms with E-state index in [1.807, 2.05) is 6.92 Å². The molecule has 1 amide bonds. The molecule has 0 aromatic carbocycles. The molecule has 0 aromatic heterocycles. The largest absolute Gasteiger partial charge is 0.350 e. The number of amides is 1. The van der Waals surface area contributed by atoms with Crippen molar-refractivity contribution in [3.63, 3.8) is 0 Å². The summed E-state index contributed by atoms with van der Waals surface area (Å²) in [4.78, 5) is 14.5. The van der Waals surface area contributed by atoms with Gasteiger partial charge in [0.15, 0.2) is 0 Å². The fourth-order valence-corrected chi connectivity index (χ4v) is 2.38. The fraction of sp³-hybridized carbons (Fsp3) is 0.929. The molecule has 2 N–H and O–H groups in total. The number of carbonyl (C=O) groups excluding carboxylic acids is 1. The molecular formula is C14H30ClN3O. The third-order valence-corrected chi connectivity index (χ3v) is 3.86. The summed E-state index contributed by atoms with van der Waals surface area (Å²) in [5.74, 6) is 0.142. The van der Waals surface area contributed by atoms with E-state index in [9.17, 15) is 4.79 Å². The Morgan fingerprint density at radius 3 is 2.26 bits per heavy atom. The normalized spacial score (nSPS) is 26.4.